The van der Waals surface area contributed by atoms with Gasteiger partial charge < -0.3 is 24.8 Å². The predicted octanol–water partition coefficient (Wildman–Crippen LogP) is 2.90. The number of aromatic hydroxyl groups is 1. The minimum Gasteiger partial charge on any atom is -0.505 e. The molecule has 0 radical (unpaired) electrons. The molecule has 0 unspecified atom stereocenters. The van der Waals surface area contributed by atoms with E-state index in [1.54, 1.807) is 19.9 Å². The van der Waals surface area contributed by atoms with Gasteiger partial charge in [0.2, 0.25) is 11.1 Å². The molecule has 2 aromatic heterocycles. The van der Waals surface area contributed by atoms with Crippen LogP contribution >= 0.6 is 23.2 Å². The number of benzene rings is 1. The summed E-state index contributed by atoms with van der Waals surface area (Å²) in [6.07, 6.45) is -0.768. The number of hydrogen-bond donors (Lipinski definition) is 4. The van der Waals surface area contributed by atoms with Gasteiger partial charge in [0.1, 0.15) is 28.0 Å². The lowest BCUT2D eigenvalue weighted by molar-refractivity contribution is -0.0326. The largest absolute Gasteiger partial charge is 0.505 e. The molecule has 1 aliphatic carbocycles. The van der Waals surface area contributed by atoms with E-state index in [0.717, 1.165) is 0 Å². The second kappa shape index (κ2) is 7.04. The van der Waals surface area contributed by atoms with Crippen LogP contribution in [0.15, 0.2) is 33.0 Å². The Labute approximate surface area is 175 Å². The summed E-state index contributed by atoms with van der Waals surface area (Å²) in [4.78, 5) is 13.1. The van der Waals surface area contributed by atoms with Gasteiger partial charge in [0.15, 0.2) is 0 Å². The highest BCUT2D eigenvalue weighted by Gasteiger charge is 2.38. The first-order chi connectivity index (χ1) is 13.7. The molecule has 0 bridgehead atoms. The minimum absolute atomic E-state index is 0.0301. The Balaban J connectivity index is 2.07. The van der Waals surface area contributed by atoms with Crippen molar-refractivity contribution in [2.75, 3.05) is 6.61 Å². The molecular weight excluding hydrogens is 421 g/mol. The number of phenols is 1. The van der Waals surface area contributed by atoms with E-state index in [0.29, 0.717) is 11.1 Å². The third-order valence-electron chi connectivity index (χ3n) is 5.67. The van der Waals surface area contributed by atoms with Crippen LogP contribution in [0.5, 0.6) is 5.75 Å². The van der Waals surface area contributed by atoms with Gasteiger partial charge in [-0.15, -0.1) is 0 Å². The van der Waals surface area contributed by atoms with Crippen LogP contribution in [-0.2, 0) is 0 Å². The molecule has 1 aliphatic rings. The Kier molecular flexibility index (Phi) is 4.91. The van der Waals surface area contributed by atoms with Crippen molar-refractivity contribution in [2.45, 2.75) is 32.1 Å². The van der Waals surface area contributed by atoms with Gasteiger partial charge in [-0.1, -0.05) is 36.2 Å². The van der Waals surface area contributed by atoms with E-state index >= 15 is 0 Å². The number of nitrogens with zero attached hydrogens (tertiary/aromatic N) is 1. The average molecular weight is 440 g/mol. The third-order valence-corrected chi connectivity index (χ3v) is 6.25. The van der Waals surface area contributed by atoms with Crippen LogP contribution in [0.1, 0.15) is 18.5 Å². The van der Waals surface area contributed by atoms with Crippen LogP contribution in [0.2, 0.25) is 10.2 Å². The number of halogens is 2. The van der Waals surface area contributed by atoms with Gasteiger partial charge in [0.05, 0.1) is 29.2 Å². The van der Waals surface area contributed by atoms with Crippen molar-refractivity contribution in [3.05, 3.63) is 49.7 Å². The molecule has 0 fully saturated rings. The zero-order valence-electron chi connectivity index (χ0n) is 15.6. The Morgan fingerprint density at radius 1 is 1.21 bits per heavy atom. The fraction of sp³-hybridized carbons (Fsp3) is 0.350. The third kappa shape index (κ3) is 2.88. The van der Waals surface area contributed by atoms with E-state index in [2.05, 4.69) is 0 Å². The molecule has 4 rings (SSSR count). The number of fused-ring (bicyclic) bond motifs is 2. The molecule has 29 heavy (non-hydrogen) atoms. The topological polar surface area (TPSA) is 116 Å². The Bertz CT molecular complexity index is 1230. The minimum atomic E-state index is -1.24. The highest BCUT2D eigenvalue weighted by Crippen LogP contribution is 2.39. The summed E-state index contributed by atoms with van der Waals surface area (Å²) in [6, 6.07) is 1.99. The maximum absolute atomic E-state index is 13.1. The quantitative estimate of drug-likeness (QED) is 0.456. The van der Waals surface area contributed by atoms with E-state index in [1.165, 1.54) is 16.7 Å². The lowest BCUT2D eigenvalue weighted by Crippen LogP contribution is -2.43. The molecule has 0 saturated carbocycles. The van der Waals surface area contributed by atoms with Crippen LogP contribution < -0.4 is 5.43 Å². The van der Waals surface area contributed by atoms with Crippen molar-refractivity contribution >= 4 is 45.3 Å². The summed E-state index contributed by atoms with van der Waals surface area (Å²) >= 11 is 12.4. The molecule has 154 valence electrons. The standard InChI is InChI=1S/C20H19Cl2NO6/c1-7-3-11(21)17(27)14-16(26)10-5-13(22)23(20(10)29-19(7)14)12-4-9(6-24)8(2)15(25)18(12)28/h3-5,8,12,15,18,24-25,27-28H,6H2,1-2H3/t8-,12-,15-,18+/m1/s1. The van der Waals surface area contributed by atoms with Gasteiger partial charge in [-0.2, -0.15) is 0 Å². The Hall–Kier alpha value is -2.03. The molecule has 7 nitrogen and oxygen atoms in total. The Morgan fingerprint density at radius 3 is 2.55 bits per heavy atom. The second-order valence-corrected chi connectivity index (χ2v) is 8.17. The zero-order valence-corrected chi connectivity index (χ0v) is 17.1. The van der Waals surface area contributed by atoms with Gasteiger partial charge in [0, 0.05) is 5.92 Å². The number of hydrogen-bond acceptors (Lipinski definition) is 6. The molecule has 4 atom stereocenters. The van der Waals surface area contributed by atoms with E-state index in [4.69, 9.17) is 27.6 Å². The average Bonchev–Trinajstić information content (AvgIpc) is 3.01. The van der Waals surface area contributed by atoms with Gasteiger partial charge in [-0.3, -0.25) is 9.36 Å². The van der Waals surface area contributed by atoms with Crippen molar-refractivity contribution in [3.8, 4) is 5.75 Å². The van der Waals surface area contributed by atoms with Gasteiger partial charge >= 0.3 is 0 Å². The SMILES string of the molecule is Cc1cc(Cl)c(O)c2c(=O)c3cc(Cl)n([C@@H]4C=C(CO)[C@@H](C)[C@@H](O)[C@H]4O)c3oc12. The van der Waals surface area contributed by atoms with Crippen molar-refractivity contribution < 1.29 is 24.8 Å². The first-order valence-electron chi connectivity index (χ1n) is 9.00. The summed E-state index contributed by atoms with van der Waals surface area (Å²) in [7, 11) is 0. The molecule has 4 N–H and O–H groups in total. The maximum Gasteiger partial charge on any atom is 0.213 e. The number of phenolic OH excluding ortho intramolecular Hbond substituents is 1. The number of aromatic nitrogens is 1. The summed E-state index contributed by atoms with van der Waals surface area (Å²) in [5.74, 6) is -0.822. The van der Waals surface area contributed by atoms with Gasteiger partial charge in [-0.05, 0) is 30.2 Å². The van der Waals surface area contributed by atoms with Crippen LogP contribution in [0.3, 0.4) is 0 Å². The van der Waals surface area contributed by atoms with Gasteiger partial charge in [0.25, 0.3) is 0 Å². The fourth-order valence-electron chi connectivity index (χ4n) is 3.95. The molecule has 0 saturated heterocycles. The van der Waals surface area contributed by atoms with E-state index in [9.17, 15) is 25.2 Å². The lowest BCUT2D eigenvalue weighted by atomic mass is 9.82. The lowest BCUT2D eigenvalue weighted by Gasteiger charge is -2.36. The number of aryl methyl sites for hydroxylation is 1. The molecular formula is C20H19Cl2NO6. The molecule has 0 amide bonds. The van der Waals surface area contributed by atoms with E-state index in [1.807, 2.05) is 0 Å². The number of aliphatic hydroxyl groups is 3. The second-order valence-electron chi connectivity index (χ2n) is 7.38. The summed E-state index contributed by atoms with van der Waals surface area (Å²) in [5, 5.41) is 41.2. The molecule has 3 aromatic rings. The fourth-order valence-corrected chi connectivity index (χ4v) is 4.51. The molecule has 0 aliphatic heterocycles. The maximum atomic E-state index is 13.1. The first kappa shape index (κ1) is 20.3. The molecule has 9 heteroatoms. The summed E-state index contributed by atoms with van der Waals surface area (Å²) in [5.41, 5.74) is 0.780. The van der Waals surface area contributed by atoms with Gasteiger partial charge in [-0.25, -0.2) is 0 Å². The highest BCUT2D eigenvalue weighted by atomic mass is 35.5. The highest BCUT2D eigenvalue weighted by molar-refractivity contribution is 6.33. The zero-order chi connectivity index (χ0) is 21.2. The number of aliphatic hydroxyl groups excluding tert-OH is 3. The number of rotatable bonds is 2. The normalized spacial score (nSPS) is 25.0. The molecule has 2 heterocycles. The van der Waals surface area contributed by atoms with Crippen molar-refractivity contribution in [2.24, 2.45) is 5.92 Å². The van der Waals surface area contributed by atoms with Crippen molar-refractivity contribution in [1.82, 2.24) is 4.57 Å². The molecule has 0 spiro atoms. The van der Waals surface area contributed by atoms with Crippen LogP contribution in [0.4, 0.5) is 0 Å². The predicted molar refractivity (Wildman–Crippen MR) is 110 cm³/mol. The van der Waals surface area contributed by atoms with Crippen LogP contribution in [0.25, 0.3) is 22.1 Å². The van der Waals surface area contributed by atoms with E-state index in [-0.39, 0.29) is 44.6 Å². The first-order valence-corrected chi connectivity index (χ1v) is 9.75. The summed E-state index contributed by atoms with van der Waals surface area (Å²) in [6.45, 7) is 3.09. The van der Waals surface area contributed by atoms with Crippen LogP contribution in [0, 0.1) is 12.8 Å². The van der Waals surface area contributed by atoms with Crippen molar-refractivity contribution in [1.29, 1.82) is 0 Å². The molecule has 1 aromatic carbocycles. The smallest absolute Gasteiger partial charge is 0.213 e. The summed E-state index contributed by atoms with van der Waals surface area (Å²) < 4.78 is 7.35. The monoisotopic (exact) mass is 439 g/mol. The Morgan fingerprint density at radius 2 is 1.90 bits per heavy atom. The van der Waals surface area contributed by atoms with E-state index < -0.39 is 29.6 Å². The van der Waals surface area contributed by atoms with Crippen molar-refractivity contribution in [3.63, 3.8) is 0 Å². The van der Waals surface area contributed by atoms with Crippen LogP contribution in [-0.4, -0.2) is 43.8 Å².